The Balaban J connectivity index is 1.78. The fraction of sp³-hybridized carbons (Fsp3) is 0.500. The Bertz CT molecular complexity index is 560. The number of hydrogen-bond donors (Lipinski definition) is 1. The van der Waals surface area contributed by atoms with Gasteiger partial charge in [-0.3, -0.25) is 9.59 Å². The van der Waals surface area contributed by atoms with Crippen LogP contribution in [0, 0.1) is 5.92 Å². The average Bonchev–Trinajstić information content (AvgIpc) is 2.53. The summed E-state index contributed by atoms with van der Waals surface area (Å²) in [6.07, 6.45) is 2.46. The molecule has 1 N–H and O–H groups in total. The lowest BCUT2D eigenvalue weighted by atomic mass is 9.96. The van der Waals surface area contributed by atoms with Crippen LogP contribution in [-0.2, 0) is 16.0 Å². The molecule has 0 aromatic heterocycles. The summed E-state index contributed by atoms with van der Waals surface area (Å²) in [5.74, 6) is -0.169. The second-order valence-corrected chi connectivity index (χ2v) is 6.87. The van der Waals surface area contributed by atoms with Gasteiger partial charge < -0.3 is 10.0 Å². The van der Waals surface area contributed by atoms with Crippen molar-refractivity contribution in [1.82, 2.24) is 4.90 Å². The predicted molar refractivity (Wildman–Crippen MR) is 82.3 cm³/mol. The molecule has 1 aromatic carbocycles. The monoisotopic (exact) mass is 305 g/mol. The van der Waals surface area contributed by atoms with Gasteiger partial charge in [-0.25, -0.2) is 0 Å². The number of aliphatic carboxylic acids is 1. The summed E-state index contributed by atoms with van der Waals surface area (Å²) in [6, 6.07) is 8.10. The molecule has 5 heteroatoms. The van der Waals surface area contributed by atoms with Crippen LogP contribution in [0.15, 0.2) is 24.3 Å². The van der Waals surface area contributed by atoms with Gasteiger partial charge in [0.25, 0.3) is 0 Å². The van der Waals surface area contributed by atoms with E-state index in [2.05, 4.69) is 6.07 Å². The number of amides is 1. The number of likely N-dealkylation sites (tertiary alicyclic amines) is 1. The molecule has 0 spiro atoms. The van der Waals surface area contributed by atoms with E-state index in [4.69, 9.17) is 5.11 Å². The van der Waals surface area contributed by atoms with Crippen LogP contribution in [0.3, 0.4) is 0 Å². The minimum atomic E-state index is -0.788. The zero-order valence-electron chi connectivity index (χ0n) is 11.8. The van der Waals surface area contributed by atoms with Gasteiger partial charge in [0.15, 0.2) is 0 Å². The molecule has 21 heavy (non-hydrogen) atoms. The van der Waals surface area contributed by atoms with Crippen molar-refractivity contribution in [3.63, 3.8) is 0 Å². The summed E-state index contributed by atoms with van der Waals surface area (Å²) in [7, 11) is 0. The van der Waals surface area contributed by atoms with E-state index in [1.54, 1.807) is 16.7 Å². The van der Waals surface area contributed by atoms with E-state index >= 15 is 0 Å². The summed E-state index contributed by atoms with van der Waals surface area (Å²) in [4.78, 5) is 25.7. The topological polar surface area (TPSA) is 57.6 Å². The highest BCUT2D eigenvalue weighted by Crippen LogP contribution is 2.38. The summed E-state index contributed by atoms with van der Waals surface area (Å²) in [5.41, 5.74) is 2.36. The van der Waals surface area contributed by atoms with Crippen molar-refractivity contribution in [3.8, 4) is 0 Å². The number of benzene rings is 1. The number of carboxylic acids is 1. The van der Waals surface area contributed by atoms with Gasteiger partial charge in [-0.2, -0.15) is 0 Å². The van der Waals surface area contributed by atoms with Gasteiger partial charge in [-0.05, 0) is 36.1 Å². The minimum absolute atomic E-state index is 0.0816. The standard InChI is InChI=1S/C16H19NO3S/c18-15(17-8-3-5-12(10-17)16(19)20)14-13-6-2-1-4-11(13)7-9-21-14/h1-2,4,6,12,14H,3,5,7-10H2,(H,19,20)/t12-,14+/m0/s1. The molecule has 1 amide bonds. The maximum absolute atomic E-state index is 12.8. The average molecular weight is 305 g/mol. The van der Waals surface area contributed by atoms with Gasteiger partial charge in [0.2, 0.25) is 5.91 Å². The first-order chi connectivity index (χ1) is 10.2. The van der Waals surface area contributed by atoms with Crippen molar-refractivity contribution in [2.24, 2.45) is 5.92 Å². The fourth-order valence-electron chi connectivity index (χ4n) is 3.14. The number of carboxylic acid groups (broad SMARTS) is 1. The van der Waals surface area contributed by atoms with Gasteiger partial charge in [-0.1, -0.05) is 24.3 Å². The number of nitrogens with zero attached hydrogens (tertiary/aromatic N) is 1. The number of fused-ring (bicyclic) bond motifs is 1. The Morgan fingerprint density at radius 3 is 2.90 bits per heavy atom. The summed E-state index contributed by atoms with van der Waals surface area (Å²) < 4.78 is 0. The van der Waals surface area contributed by atoms with Crippen molar-refractivity contribution in [1.29, 1.82) is 0 Å². The molecule has 0 saturated carbocycles. The highest BCUT2D eigenvalue weighted by atomic mass is 32.2. The molecule has 1 aromatic rings. The zero-order chi connectivity index (χ0) is 14.8. The van der Waals surface area contributed by atoms with Crippen LogP contribution in [0.1, 0.15) is 29.2 Å². The number of carbonyl (C=O) groups excluding carboxylic acids is 1. The normalized spacial score (nSPS) is 25.2. The Morgan fingerprint density at radius 1 is 1.29 bits per heavy atom. The molecule has 0 unspecified atom stereocenters. The van der Waals surface area contributed by atoms with Crippen molar-refractivity contribution in [2.45, 2.75) is 24.5 Å². The van der Waals surface area contributed by atoms with Gasteiger partial charge in [0.1, 0.15) is 5.25 Å². The Labute approximate surface area is 128 Å². The second-order valence-electron chi connectivity index (χ2n) is 5.66. The maximum atomic E-state index is 12.8. The molecule has 4 nitrogen and oxygen atoms in total. The summed E-state index contributed by atoms with van der Waals surface area (Å²) >= 11 is 1.68. The summed E-state index contributed by atoms with van der Waals surface area (Å²) in [6.45, 7) is 1.04. The molecule has 112 valence electrons. The summed E-state index contributed by atoms with van der Waals surface area (Å²) in [5, 5.41) is 9.00. The molecule has 0 bridgehead atoms. The van der Waals surface area contributed by atoms with Crippen molar-refractivity contribution >= 4 is 23.6 Å². The van der Waals surface area contributed by atoms with Crippen molar-refractivity contribution in [2.75, 3.05) is 18.8 Å². The zero-order valence-corrected chi connectivity index (χ0v) is 12.6. The molecule has 1 fully saturated rings. The lowest BCUT2D eigenvalue weighted by Gasteiger charge is -2.35. The first-order valence-electron chi connectivity index (χ1n) is 7.38. The molecule has 0 radical (unpaired) electrons. The van der Waals surface area contributed by atoms with Crippen molar-refractivity contribution in [3.05, 3.63) is 35.4 Å². The second kappa shape index (κ2) is 6.10. The van der Waals surface area contributed by atoms with Gasteiger partial charge in [0.05, 0.1) is 5.92 Å². The van der Waals surface area contributed by atoms with Gasteiger partial charge in [-0.15, -0.1) is 11.8 Å². The molecule has 2 atom stereocenters. The minimum Gasteiger partial charge on any atom is -0.481 e. The maximum Gasteiger partial charge on any atom is 0.308 e. The van der Waals surface area contributed by atoms with E-state index in [9.17, 15) is 9.59 Å². The van der Waals surface area contributed by atoms with E-state index in [1.807, 2.05) is 18.2 Å². The molecule has 2 aliphatic rings. The number of carbonyl (C=O) groups is 2. The first-order valence-corrected chi connectivity index (χ1v) is 8.42. The van der Waals surface area contributed by atoms with Crippen molar-refractivity contribution < 1.29 is 14.7 Å². The van der Waals surface area contributed by atoms with E-state index in [-0.39, 0.29) is 11.2 Å². The number of rotatable bonds is 2. The lowest BCUT2D eigenvalue weighted by Crippen LogP contribution is -2.44. The highest BCUT2D eigenvalue weighted by Gasteiger charge is 2.34. The molecule has 1 saturated heterocycles. The number of hydrogen-bond acceptors (Lipinski definition) is 3. The molecular weight excluding hydrogens is 286 g/mol. The molecule has 2 aliphatic heterocycles. The SMILES string of the molecule is O=C(O)[C@H]1CCCN(C(=O)[C@@H]2SCCc3ccccc32)C1. The largest absolute Gasteiger partial charge is 0.481 e. The van der Waals surface area contributed by atoms with E-state index in [1.165, 1.54) is 5.56 Å². The number of piperidine rings is 1. The van der Waals surface area contributed by atoms with Crippen LogP contribution in [0.5, 0.6) is 0 Å². The van der Waals surface area contributed by atoms with Crippen LogP contribution >= 0.6 is 11.8 Å². The van der Waals surface area contributed by atoms with Crippen LogP contribution in [-0.4, -0.2) is 40.7 Å². The van der Waals surface area contributed by atoms with Crippen LogP contribution in [0.25, 0.3) is 0 Å². The molecular formula is C16H19NO3S. The third-order valence-electron chi connectivity index (χ3n) is 4.30. The Kier molecular flexibility index (Phi) is 4.19. The van der Waals surface area contributed by atoms with E-state index in [0.29, 0.717) is 19.5 Å². The number of thioether (sulfide) groups is 1. The Hall–Kier alpha value is -1.49. The Morgan fingerprint density at radius 2 is 2.10 bits per heavy atom. The third-order valence-corrected chi connectivity index (χ3v) is 5.53. The number of aryl methyl sites for hydroxylation is 1. The first kappa shape index (κ1) is 14.4. The van der Waals surface area contributed by atoms with E-state index < -0.39 is 11.9 Å². The molecule has 3 rings (SSSR count). The van der Waals surface area contributed by atoms with Crippen LogP contribution in [0.2, 0.25) is 0 Å². The van der Waals surface area contributed by atoms with Crippen LogP contribution in [0.4, 0.5) is 0 Å². The predicted octanol–water partition coefficient (Wildman–Crippen LogP) is 2.34. The van der Waals surface area contributed by atoms with E-state index in [0.717, 1.165) is 24.2 Å². The smallest absolute Gasteiger partial charge is 0.308 e. The van der Waals surface area contributed by atoms with Gasteiger partial charge >= 0.3 is 5.97 Å². The fourth-order valence-corrected chi connectivity index (χ4v) is 4.42. The van der Waals surface area contributed by atoms with Gasteiger partial charge in [0, 0.05) is 13.1 Å². The third kappa shape index (κ3) is 2.93. The van der Waals surface area contributed by atoms with Crippen LogP contribution < -0.4 is 0 Å². The molecule has 0 aliphatic carbocycles. The lowest BCUT2D eigenvalue weighted by molar-refractivity contribution is -0.145. The quantitative estimate of drug-likeness (QED) is 0.911. The molecule has 2 heterocycles. The highest BCUT2D eigenvalue weighted by molar-refractivity contribution is 8.00.